The van der Waals surface area contributed by atoms with Crippen molar-refractivity contribution in [2.24, 2.45) is 0 Å². The van der Waals surface area contributed by atoms with E-state index in [1.807, 2.05) is 18.2 Å². The number of anilines is 1. The van der Waals surface area contributed by atoms with E-state index in [0.717, 1.165) is 34.7 Å². The molecule has 1 heterocycles. The number of amides is 1. The second-order valence-electron chi connectivity index (χ2n) is 3.43. The van der Waals surface area contributed by atoms with Crippen molar-refractivity contribution in [3.05, 3.63) is 23.8 Å². The number of rotatable bonds is 2. The molecule has 0 aliphatic carbocycles. The number of carbonyl (C=O) groups excluding carboxylic acids is 2. The molecule has 1 aliphatic heterocycles. The molecule has 1 aromatic carbocycles. The lowest BCUT2D eigenvalue weighted by atomic mass is 10.2. The van der Waals surface area contributed by atoms with Crippen LogP contribution < -0.4 is 4.90 Å². The van der Waals surface area contributed by atoms with Crippen LogP contribution >= 0.6 is 11.8 Å². The van der Waals surface area contributed by atoms with E-state index >= 15 is 0 Å². The maximum Gasteiger partial charge on any atom is 0.223 e. The molecule has 0 saturated heterocycles. The van der Waals surface area contributed by atoms with Crippen LogP contribution in [0, 0.1) is 0 Å². The third kappa shape index (κ3) is 1.90. The van der Waals surface area contributed by atoms with Crippen LogP contribution in [-0.2, 0) is 16.0 Å². The van der Waals surface area contributed by atoms with Crippen molar-refractivity contribution in [1.29, 1.82) is 0 Å². The Balaban J connectivity index is 2.33. The molecule has 0 unspecified atom stereocenters. The summed E-state index contributed by atoms with van der Waals surface area (Å²) in [6, 6.07) is 5.77. The zero-order chi connectivity index (χ0) is 10.8. The van der Waals surface area contributed by atoms with E-state index in [4.69, 9.17) is 0 Å². The van der Waals surface area contributed by atoms with Crippen molar-refractivity contribution >= 4 is 29.0 Å². The summed E-state index contributed by atoms with van der Waals surface area (Å²) in [7, 11) is 0. The number of hydrogen-bond donors (Lipinski definition) is 0. The molecule has 2 rings (SSSR count). The molecular weight excluding hydrogens is 210 g/mol. The van der Waals surface area contributed by atoms with E-state index in [2.05, 4.69) is 0 Å². The highest BCUT2D eigenvalue weighted by Gasteiger charge is 2.21. The Labute approximate surface area is 92.5 Å². The minimum atomic E-state index is 0.0736. The molecule has 0 saturated carbocycles. The molecule has 15 heavy (non-hydrogen) atoms. The van der Waals surface area contributed by atoms with Crippen LogP contribution in [0.25, 0.3) is 0 Å². The fourth-order valence-electron chi connectivity index (χ4n) is 1.83. The van der Waals surface area contributed by atoms with Gasteiger partial charge < -0.3 is 4.90 Å². The lowest BCUT2D eigenvalue weighted by Gasteiger charge is -2.14. The van der Waals surface area contributed by atoms with Gasteiger partial charge in [0.2, 0.25) is 5.91 Å². The SMILES string of the molecule is CC(=O)N1CCc2cc(SC=O)ccc21. The molecule has 1 aliphatic rings. The molecule has 0 aromatic heterocycles. The molecule has 3 nitrogen and oxygen atoms in total. The summed E-state index contributed by atoms with van der Waals surface area (Å²) in [5, 5.41) is 0. The monoisotopic (exact) mass is 221 g/mol. The van der Waals surface area contributed by atoms with Crippen molar-refractivity contribution in [2.45, 2.75) is 18.2 Å². The Bertz CT molecular complexity index is 417. The highest BCUT2D eigenvalue weighted by Crippen LogP contribution is 2.31. The Morgan fingerprint density at radius 1 is 1.53 bits per heavy atom. The highest BCUT2D eigenvalue weighted by atomic mass is 32.2. The summed E-state index contributed by atoms with van der Waals surface area (Å²) in [6.07, 6.45) is 0.877. The van der Waals surface area contributed by atoms with Crippen LogP contribution in [0.15, 0.2) is 23.1 Å². The van der Waals surface area contributed by atoms with Gasteiger partial charge >= 0.3 is 0 Å². The van der Waals surface area contributed by atoms with E-state index in [-0.39, 0.29) is 5.91 Å². The Kier molecular flexibility index (Phi) is 2.77. The van der Waals surface area contributed by atoms with E-state index in [1.165, 1.54) is 11.8 Å². The maximum atomic E-state index is 11.3. The van der Waals surface area contributed by atoms with Crippen LogP contribution in [0.5, 0.6) is 0 Å². The van der Waals surface area contributed by atoms with Crippen LogP contribution in [0.3, 0.4) is 0 Å². The summed E-state index contributed by atoms with van der Waals surface area (Å²) < 4.78 is 0. The first-order chi connectivity index (χ1) is 7.22. The summed E-state index contributed by atoms with van der Waals surface area (Å²) in [5.74, 6) is 0.0736. The fraction of sp³-hybridized carbons (Fsp3) is 0.273. The van der Waals surface area contributed by atoms with Crippen molar-refractivity contribution in [3.63, 3.8) is 0 Å². The number of thioether (sulfide) groups is 1. The van der Waals surface area contributed by atoms with Gasteiger partial charge in [-0.15, -0.1) is 0 Å². The molecule has 0 radical (unpaired) electrons. The molecule has 78 valence electrons. The predicted octanol–water partition coefficient (Wildman–Crippen LogP) is 1.88. The summed E-state index contributed by atoms with van der Waals surface area (Å²) in [5.41, 5.74) is 2.95. The molecule has 0 fully saturated rings. The van der Waals surface area contributed by atoms with Crippen LogP contribution in [0.2, 0.25) is 0 Å². The van der Waals surface area contributed by atoms with Gasteiger partial charge in [-0.25, -0.2) is 0 Å². The second kappa shape index (κ2) is 4.06. The number of fused-ring (bicyclic) bond motifs is 1. The average Bonchev–Trinajstić information content (AvgIpc) is 2.61. The molecular formula is C11H11NO2S. The number of nitrogens with zero attached hydrogens (tertiary/aromatic N) is 1. The first-order valence-electron chi connectivity index (χ1n) is 4.73. The molecule has 1 aromatic rings. The molecule has 0 atom stereocenters. The minimum absolute atomic E-state index is 0.0736. The molecule has 0 spiro atoms. The van der Waals surface area contributed by atoms with Crippen molar-refractivity contribution in [2.75, 3.05) is 11.4 Å². The predicted molar refractivity (Wildman–Crippen MR) is 60.8 cm³/mol. The van der Waals surface area contributed by atoms with Gasteiger partial charge in [-0.05, 0) is 30.2 Å². The van der Waals surface area contributed by atoms with Gasteiger partial charge in [-0.1, -0.05) is 11.8 Å². The lowest BCUT2D eigenvalue weighted by Crippen LogP contribution is -2.25. The van der Waals surface area contributed by atoms with E-state index in [9.17, 15) is 9.59 Å². The topological polar surface area (TPSA) is 37.4 Å². The van der Waals surface area contributed by atoms with Gasteiger partial charge in [-0.2, -0.15) is 0 Å². The Morgan fingerprint density at radius 3 is 3.00 bits per heavy atom. The standard InChI is InChI=1S/C11H11NO2S/c1-8(14)12-5-4-9-6-10(15-7-13)2-3-11(9)12/h2-3,6-7H,4-5H2,1H3. The number of benzene rings is 1. The third-order valence-electron chi connectivity index (χ3n) is 2.51. The molecule has 0 bridgehead atoms. The van der Waals surface area contributed by atoms with Crippen molar-refractivity contribution < 1.29 is 9.59 Å². The van der Waals surface area contributed by atoms with Crippen LogP contribution in [-0.4, -0.2) is 18.1 Å². The van der Waals surface area contributed by atoms with Crippen LogP contribution in [0.4, 0.5) is 5.69 Å². The minimum Gasteiger partial charge on any atom is -0.312 e. The Hall–Kier alpha value is -1.29. The van der Waals surface area contributed by atoms with Gasteiger partial charge in [0, 0.05) is 24.1 Å². The normalized spacial score (nSPS) is 13.8. The highest BCUT2D eigenvalue weighted by molar-refractivity contribution is 8.11. The largest absolute Gasteiger partial charge is 0.312 e. The first kappa shape index (κ1) is 10.2. The quantitative estimate of drug-likeness (QED) is 0.565. The van der Waals surface area contributed by atoms with Crippen molar-refractivity contribution in [1.82, 2.24) is 0 Å². The molecule has 1 amide bonds. The smallest absolute Gasteiger partial charge is 0.223 e. The average molecular weight is 221 g/mol. The lowest BCUT2D eigenvalue weighted by molar-refractivity contribution is -0.116. The third-order valence-corrected chi connectivity index (χ3v) is 3.13. The van der Waals surface area contributed by atoms with Crippen LogP contribution in [0.1, 0.15) is 12.5 Å². The summed E-state index contributed by atoms with van der Waals surface area (Å²) >= 11 is 1.17. The first-order valence-corrected chi connectivity index (χ1v) is 5.61. The number of carbonyl (C=O) groups is 2. The summed E-state index contributed by atoms with van der Waals surface area (Å²) in [4.78, 5) is 24.3. The van der Waals surface area contributed by atoms with Crippen molar-refractivity contribution in [3.8, 4) is 0 Å². The zero-order valence-corrected chi connectivity index (χ0v) is 9.21. The van der Waals surface area contributed by atoms with Gasteiger partial charge in [0.25, 0.3) is 0 Å². The van der Waals surface area contributed by atoms with Gasteiger partial charge in [0.15, 0.2) is 5.62 Å². The second-order valence-corrected chi connectivity index (χ2v) is 4.32. The zero-order valence-electron chi connectivity index (χ0n) is 8.40. The number of hydrogen-bond acceptors (Lipinski definition) is 3. The van der Waals surface area contributed by atoms with Gasteiger partial charge in [0.05, 0.1) is 0 Å². The summed E-state index contributed by atoms with van der Waals surface area (Å²) in [6.45, 7) is 2.32. The fourth-order valence-corrected chi connectivity index (χ4v) is 2.30. The van der Waals surface area contributed by atoms with E-state index in [1.54, 1.807) is 11.8 Å². The molecule has 0 N–H and O–H groups in total. The molecule has 4 heteroatoms. The Morgan fingerprint density at radius 2 is 2.33 bits per heavy atom. The maximum absolute atomic E-state index is 11.3. The van der Waals surface area contributed by atoms with E-state index < -0.39 is 0 Å². The van der Waals surface area contributed by atoms with Gasteiger partial charge in [0.1, 0.15) is 0 Å². The van der Waals surface area contributed by atoms with E-state index in [0.29, 0.717) is 0 Å². The van der Waals surface area contributed by atoms with Gasteiger partial charge in [-0.3, -0.25) is 9.59 Å².